The predicted molar refractivity (Wildman–Crippen MR) is 81.3 cm³/mol. The summed E-state index contributed by atoms with van der Waals surface area (Å²) in [6.45, 7) is 4.04. The Bertz CT molecular complexity index is 750. The molecule has 2 aromatic carbocycles. The zero-order chi connectivity index (χ0) is 14.8. The maximum atomic E-state index is 10.5. The molecule has 3 aromatic rings. The van der Waals surface area contributed by atoms with Crippen LogP contribution in [-0.4, -0.2) is 20.1 Å². The highest BCUT2D eigenvalue weighted by Crippen LogP contribution is 2.25. The molecule has 0 aliphatic carbocycles. The molecule has 1 heterocycles. The van der Waals surface area contributed by atoms with Crippen molar-refractivity contribution in [3.63, 3.8) is 0 Å². The zero-order valence-electron chi connectivity index (χ0n) is 12.1. The van der Waals surface area contributed by atoms with Crippen molar-refractivity contribution in [3.8, 4) is 5.69 Å². The summed E-state index contributed by atoms with van der Waals surface area (Å²) in [7, 11) is 0. The quantitative estimate of drug-likeness (QED) is 0.802. The summed E-state index contributed by atoms with van der Waals surface area (Å²) in [5.41, 5.74) is 4.53. The van der Waals surface area contributed by atoms with Gasteiger partial charge >= 0.3 is 0 Å². The summed E-state index contributed by atoms with van der Waals surface area (Å²) in [5, 5.41) is 19.2. The van der Waals surface area contributed by atoms with Gasteiger partial charge in [0.15, 0.2) is 0 Å². The second-order valence-electron chi connectivity index (χ2n) is 5.09. The van der Waals surface area contributed by atoms with E-state index in [-0.39, 0.29) is 0 Å². The zero-order valence-corrected chi connectivity index (χ0v) is 12.1. The molecule has 3 rings (SSSR count). The Kier molecular flexibility index (Phi) is 3.54. The van der Waals surface area contributed by atoms with E-state index in [0.717, 1.165) is 22.4 Å². The number of aliphatic hydroxyl groups excluding tert-OH is 1. The van der Waals surface area contributed by atoms with E-state index >= 15 is 0 Å². The number of nitrogens with zero attached hydrogens (tertiary/aromatic N) is 3. The molecule has 0 aliphatic heterocycles. The van der Waals surface area contributed by atoms with Gasteiger partial charge in [-0.15, -0.1) is 0 Å². The van der Waals surface area contributed by atoms with Crippen molar-refractivity contribution in [2.75, 3.05) is 0 Å². The van der Waals surface area contributed by atoms with Gasteiger partial charge in [0.2, 0.25) is 0 Å². The van der Waals surface area contributed by atoms with Crippen LogP contribution in [0.4, 0.5) is 0 Å². The molecule has 4 nitrogen and oxygen atoms in total. The first kappa shape index (κ1) is 13.5. The normalized spacial score (nSPS) is 12.3. The first-order valence-corrected chi connectivity index (χ1v) is 6.88. The lowest BCUT2D eigenvalue weighted by Gasteiger charge is -2.12. The van der Waals surface area contributed by atoms with Crippen molar-refractivity contribution in [2.45, 2.75) is 20.0 Å². The Morgan fingerprint density at radius 3 is 2.52 bits per heavy atom. The molecule has 0 saturated heterocycles. The van der Waals surface area contributed by atoms with E-state index in [1.165, 1.54) is 4.80 Å². The van der Waals surface area contributed by atoms with Gasteiger partial charge in [-0.1, -0.05) is 36.4 Å². The molecular formula is C17H17N3O. The second kappa shape index (κ2) is 5.50. The van der Waals surface area contributed by atoms with Gasteiger partial charge < -0.3 is 5.11 Å². The number of hydrogen-bond acceptors (Lipinski definition) is 3. The second-order valence-corrected chi connectivity index (χ2v) is 5.09. The highest BCUT2D eigenvalue weighted by molar-refractivity contribution is 5.37. The van der Waals surface area contributed by atoms with Crippen molar-refractivity contribution in [3.05, 3.63) is 77.1 Å². The summed E-state index contributed by atoms with van der Waals surface area (Å²) in [4.78, 5) is 1.53. The van der Waals surface area contributed by atoms with Gasteiger partial charge in [0.1, 0.15) is 11.8 Å². The number of benzene rings is 2. The standard InChI is InChI=1S/C17H17N3O/c1-12-7-6-10-15(13(12)2)17(21)16-11-18-20(19-16)14-8-4-3-5-9-14/h3-11,17,21H,1-2H3. The van der Waals surface area contributed by atoms with Gasteiger partial charge in [0.25, 0.3) is 0 Å². The third-order valence-corrected chi connectivity index (χ3v) is 3.72. The van der Waals surface area contributed by atoms with Gasteiger partial charge in [0, 0.05) is 0 Å². The number of para-hydroxylation sites is 1. The number of aliphatic hydroxyl groups is 1. The molecule has 0 radical (unpaired) electrons. The average Bonchev–Trinajstić information content (AvgIpc) is 3.00. The van der Waals surface area contributed by atoms with Gasteiger partial charge in [-0.3, -0.25) is 0 Å². The Morgan fingerprint density at radius 2 is 1.76 bits per heavy atom. The van der Waals surface area contributed by atoms with Crippen LogP contribution in [0.25, 0.3) is 5.69 Å². The Morgan fingerprint density at radius 1 is 1.00 bits per heavy atom. The van der Waals surface area contributed by atoms with Crippen LogP contribution >= 0.6 is 0 Å². The van der Waals surface area contributed by atoms with Gasteiger partial charge in [0.05, 0.1) is 11.9 Å². The van der Waals surface area contributed by atoms with Crippen LogP contribution in [0.3, 0.4) is 0 Å². The van der Waals surface area contributed by atoms with Gasteiger partial charge in [-0.05, 0) is 42.7 Å². The Labute approximate surface area is 123 Å². The third kappa shape index (κ3) is 2.58. The number of hydrogen-bond donors (Lipinski definition) is 1. The average molecular weight is 279 g/mol. The number of rotatable bonds is 3. The molecule has 1 aromatic heterocycles. The first-order valence-electron chi connectivity index (χ1n) is 6.88. The smallest absolute Gasteiger partial charge is 0.125 e. The monoisotopic (exact) mass is 279 g/mol. The fourth-order valence-electron chi connectivity index (χ4n) is 2.32. The highest BCUT2D eigenvalue weighted by Gasteiger charge is 2.17. The molecule has 0 spiro atoms. The van der Waals surface area contributed by atoms with Gasteiger partial charge in [-0.2, -0.15) is 15.0 Å². The molecule has 106 valence electrons. The predicted octanol–water partition coefficient (Wildman–Crippen LogP) is 2.97. The van der Waals surface area contributed by atoms with Crippen molar-refractivity contribution in [1.29, 1.82) is 0 Å². The molecule has 0 aliphatic rings. The van der Waals surface area contributed by atoms with Crippen LogP contribution < -0.4 is 0 Å². The molecule has 1 N–H and O–H groups in total. The van der Waals surface area contributed by atoms with E-state index in [2.05, 4.69) is 10.2 Å². The molecule has 4 heteroatoms. The van der Waals surface area contributed by atoms with E-state index in [4.69, 9.17) is 0 Å². The molecule has 21 heavy (non-hydrogen) atoms. The topological polar surface area (TPSA) is 50.9 Å². The van der Waals surface area contributed by atoms with E-state index in [9.17, 15) is 5.11 Å². The van der Waals surface area contributed by atoms with E-state index in [1.807, 2.05) is 62.4 Å². The van der Waals surface area contributed by atoms with E-state index in [1.54, 1.807) is 6.20 Å². The SMILES string of the molecule is Cc1cccc(C(O)c2cnn(-c3ccccc3)n2)c1C. The van der Waals surface area contributed by atoms with Crippen LogP contribution in [0.15, 0.2) is 54.7 Å². The van der Waals surface area contributed by atoms with Crippen molar-refractivity contribution < 1.29 is 5.11 Å². The van der Waals surface area contributed by atoms with Crippen molar-refractivity contribution >= 4 is 0 Å². The lowest BCUT2D eigenvalue weighted by molar-refractivity contribution is 0.214. The van der Waals surface area contributed by atoms with Crippen LogP contribution in [0.2, 0.25) is 0 Å². The minimum absolute atomic E-state index is 0.549. The molecule has 0 amide bonds. The lowest BCUT2D eigenvalue weighted by atomic mass is 9.98. The number of aromatic nitrogens is 3. The Balaban J connectivity index is 1.95. The first-order chi connectivity index (χ1) is 10.2. The van der Waals surface area contributed by atoms with Crippen LogP contribution in [0.1, 0.15) is 28.5 Å². The minimum atomic E-state index is -0.762. The molecule has 1 atom stereocenters. The Hall–Kier alpha value is -2.46. The van der Waals surface area contributed by atoms with E-state index < -0.39 is 6.10 Å². The third-order valence-electron chi connectivity index (χ3n) is 3.72. The molecule has 0 saturated carbocycles. The fourth-order valence-corrected chi connectivity index (χ4v) is 2.32. The summed E-state index contributed by atoms with van der Waals surface area (Å²) >= 11 is 0. The highest BCUT2D eigenvalue weighted by atomic mass is 16.3. The largest absolute Gasteiger partial charge is 0.382 e. The van der Waals surface area contributed by atoms with Crippen molar-refractivity contribution in [1.82, 2.24) is 15.0 Å². The summed E-state index contributed by atoms with van der Waals surface area (Å²) in [6, 6.07) is 15.6. The van der Waals surface area contributed by atoms with Crippen LogP contribution in [0.5, 0.6) is 0 Å². The molecular weight excluding hydrogens is 262 g/mol. The van der Waals surface area contributed by atoms with Gasteiger partial charge in [-0.25, -0.2) is 0 Å². The summed E-state index contributed by atoms with van der Waals surface area (Å²) in [5.74, 6) is 0. The molecule has 1 unspecified atom stereocenters. The lowest BCUT2D eigenvalue weighted by Crippen LogP contribution is -2.05. The molecule has 0 bridgehead atoms. The minimum Gasteiger partial charge on any atom is -0.382 e. The van der Waals surface area contributed by atoms with Crippen LogP contribution in [0, 0.1) is 13.8 Å². The van der Waals surface area contributed by atoms with Crippen LogP contribution in [-0.2, 0) is 0 Å². The maximum absolute atomic E-state index is 10.5. The van der Waals surface area contributed by atoms with E-state index in [0.29, 0.717) is 5.69 Å². The fraction of sp³-hybridized carbons (Fsp3) is 0.176. The van der Waals surface area contributed by atoms with Crippen molar-refractivity contribution in [2.24, 2.45) is 0 Å². The summed E-state index contributed by atoms with van der Waals surface area (Å²) < 4.78 is 0. The number of aryl methyl sites for hydroxylation is 1. The molecule has 0 fully saturated rings. The maximum Gasteiger partial charge on any atom is 0.125 e. The summed E-state index contributed by atoms with van der Waals surface area (Å²) in [6.07, 6.45) is 0.849.